The summed E-state index contributed by atoms with van der Waals surface area (Å²) in [5.74, 6) is 0.714. The Morgan fingerprint density at radius 1 is 1.36 bits per heavy atom. The van der Waals surface area contributed by atoms with E-state index < -0.39 is 0 Å². The van der Waals surface area contributed by atoms with Crippen molar-refractivity contribution in [3.05, 3.63) is 0 Å². The predicted octanol–water partition coefficient (Wildman–Crippen LogP) is 2.93. The maximum Gasteiger partial charge on any atom is 0.111 e. The Balaban J connectivity index is 2.30. The lowest BCUT2D eigenvalue weighted by atomic mass is 9.97. The third-order valence-corrected chi connectivity index (χ3v) is 3.25. The average molecular weight is 199 g/mol. The molecular formula is C12H25NO. The third-order valence-electron chi connectivity index (χ3n) is 3.25. The standard InChI is InChI=1S/C12H25NO/c1-4-7-8-10(5-2)12-13-11(6-3)9-14-12/h10-13H,4-9H2,1-3H3. The lowest BCUT2D eigenvalue weighted by Gasteiger charge is -2.21. The van der Waals surface area contributed by atoms with Crippen LogP contribution in [0.2, 0.25) is 0 Å². The van der Waals surface area contributed by atoms with Crippen molar-refractivity contribution in [2.24, 2.45) is 5.92 Å². The molecule has 1 N–H and O–H groups in total. The second kappa shape index (κ2) is 6.41. The summed E-state index contributed by atoms with van der Waals surface area (Å²) in [6.45, 7) is 7.65. The first-order valence-electron chi connectivity index (χ1n) is 6.19. The highest BCUT2D eigenvalue weighted by Crippen LogP contribution is 2.22. The molecule has 0 aromatic carbocycles. The van der Waals surface area contributed by atoms with Crippen molar-refractivity contribution < 1.29 is 4.74 Å². The minimum atomic E-state index is 0.330. The average Bonchev–Trinajstić information content (AvgIpc) is 2.68. The lowest BCUT2D eigenvalue weighted by molar-refractivity contribution is 0.0457. The van der Waals surface area contributed by atoms with Gasteiger partial charge in [0.05, 0.1) is 6.61 Å². The van der Waals surface area contributed by atoms with Crippen LogP contribution in [0.25, 0.3) is 0 Å². The van der Waals surface area contributed by atoms with Gasteiger partial charge in [-0.15, -0.1) is 0 Å². The van der Waals surface area contributed by atoms with Gasteiger partial charge >= 0.3 is 0 Å². The number of hydrogen-bond acceptors (Lipinski definition) is 2. The second-order valence-electron chi connectivity index (χ2n) is 4.34. The Morgan fingerprint density at radius 3 is 2.64 bits per heavy atom. The first-order chi connectivity index (χ1) is 6.81. The zero-order chi connectivity index (χ0) is 10.4. The molecule has 2 nitrogen and oxygen atoms in total. The molecule has 3 atom stereocenters. The van der Waals surface area contributed by atoms with Gasteiger partial charge in [-0.3, -0.25) is 5.32 Å². The molecule has 0 spiro atoms. The molecular weight excluding hydrogens is 174 g/mol. The SMILES string of the molecule is CCCCC(CC)C1NC(CC)CO1. The summed E-state index contributed by atoms with van der Waals surface area (Å²) in [5, 5.41) is 3.58. The molecule has 0 aromatic heterocycles. The van der Waals surface area contributed by atoms with E-state index in [9.17, 15) is 0 Å². The molecule has 0 amide bonds. The quantitative estimate of drug-likeness (QED) is 0.710. The summed E-state index contributed by atoms with van der Waals surface area (Å²) in [5.41, 5.74) is 0. The molecule has 1 rings (SSSR count). The molecule has 0 aromatic rings. The maximum absolute atomic E-state index is 5.80. The van der Waals surface area contributed by atoms with E-state index in [0.29, 0.717) is 18.2 Å². The normalized spacial score (nSPS) is 29.4. The Morgan fingerprint density at radius 2 is 2.14 bits per heavy atom. The van der Waals surface area contributed by atoms with Gasteiger partial charge in [0.15, 0.2) is 0 Å². The van der Waals surface area contributed by atoms with Crippen LogP contribution in [0.1, 0.15) is 52.9 Å². The van der Waals surface area contributed by atoms with E-state index in [1.165, 1.54) is 32.1 Å². The van der Waals surface area contributed by atoms with E-state index in [0.717, 1.165) is 6.61 Å². The van der Waals surface area contributed by atoms with Crippen molar-refractivity contribution in [2.45, 2.75) is 65.1 Å². The molecule has 0 aliphatic carbocycles. The number of ether oxygens (including phenoxy) is 1. The van der Waals surface area contributed by atoms with Crippen molar-refractivity contribution in [1.29, 1.82) is 0 Å². The van der Waals surface area contributed by atoms with E-state index in [-0.39, 0.29) is 0 Å². The Bertz CT molecular complexity index is 149. The summed E-state index contributed by atoms with van der Waals surface area (Å²) in [6.07, 6.45) is 6.67. The van der Waals surface area contributed by atoms with Gasteiger partial charge in [0, 0.05) is 6.04 Å². The fourth-order valence-corrected chi connectivity index (χ4v) is 2.09. The Hall–Kier alpha value is -0.0800. The van der Waals surface area contributed by atoms with E-state index in [4.69, 9.17) is 4.74 Å². The van der Waals surface area contributed by atoms with E-state index >= 15 is 0 Å². The van der Waals surface area contributed by atoms with Crippen LogP contribution in [-0.2, 0) is 4.74 Å². The summed E-state index contributed by atoms with van der Waals surface area (Å²) < 4.78 is 5.80. The minimum absolute atomic E-state index is 0.330. The van der Waals surface area contributed by atoms with E-state index in [1.54, 1.807) is 0 Å². The molecule has 1 aliphatic heterocycles. The van der Waals surface area contributed by atoms with Crippen LogP contribution in [0.15, 0.2) is 0 Å². The van der Waals surface area contributed by atoms with Crippen molar-refractivity contribution >= 4 is 0 Å². The molecule has 84 valence electrons. The van der Waals surface area contributed by atoms with Gasteiger partial charge in [-0.1, -0.05) is 33.6 Å². The fourth-order valence-electron chi connectivity index (χ4n) is 2.09. The second-order valence-corrected chi connectivity index (χ2v) is 4.34. The van der Waals surface area contributed by atoms with Crippen LogP contribution in [0.4, 0.5) is 0 Å². The van der Waals surface area contributed by atoms with Crippen LogP contribution in [-0.4, -0.2) is 18.9 Å². The molecule has 1 saturated heterocycles. The van der Waals surface area contributed by atoms with Crippen molar-refractivity contribution in [3.63, 3.8) is 0 Å². The highest BCUT2D eigenvalue weighted by atomic mass is 16.5. The van der Waals surface area contributed by atoms with Gasteiger partial charge in [-0.05, 0) is 25.2 Å². The van der Waals surface area contributed by atoms with Crippen molar-refractivity contribution in [2.75, 3.05) is 6.61 Å². The van der Waals surface area contributed by atoms with Crippen LogP contribution in [0.5, 0.6) is 0 Å². The first-order valence-corrected chi connectivity index (χ1v) is 6.19. The smallest absolute Gasteiger partial charge is 0.111 e. The fraction of sp³-hybridized carbons (Fsp3) is 1.00. The molecule has 3 unspecified atom stereocenters. The highest BCUT2D eigenvalue weighted by Gasteiger charge is 2.28. The van der Waals surface area contributed by atoms with Gasteiger partial charge in [0.25, 0.3) is 0 Å². The van der Waals surface area contributed by atoms with Crippen LogP contribution >= 0.6 is 0 Å². The monoisotopic (exact) mass is 199 g/mol. The van der Waals surface area contributed by atoms with Gasteiger partial charge < -0.3 is 4.74 Å². The van der Waals surface area contributed by atoms with Crippen LogP contribution in [0.3, 0.4) is 0 Å². The summed E-state index contributed by atoms with van der Waals surface area (Å²) >= 11 is 0. The van der Waals surface area contributed by atoms with E-state index in [1.807, 2.05) is 0 Å². The Labute approximate surface area is 88.4 Å². The van der Waals surface area contributed by atoms with Gasteiger partial charge in [0.1, 0.15) is 6.23 Å². The van der Waals surface area contributed by atoms with Gasteiger partial charge in [0.2, 0.25) is 0 Å². The molecule has 14 heavy (non-hydrogen) atoms. The molecule has 1 aliphatic rings. The van der Waals surface area contributed by atoms with Crippen molar-refractivity contribution in [3.8, 4) is 0 Å². The maximum atomic E-state index is 5.80. The zero-order valence-electron chi connectivity index (χ0n) is 9.88. The van der Waals surface area contributed by atoms with Gasteiger partial charge in [-0.2, -0.15) is 0 Å². The van der Waals surface area contributed by atoms with Crippen LogP contribution < -0.4 is 5.32 Å². The number of nitrogens with one attached hydrogen (secondary N) is 1. The molecule has 0 saturated carbocycles. The zero-order valence-corrected chi connectivity index (χ0v) is 9.88. The molecule has 1 heterocycles. The molecule has 0 bridgehead atoms. The number of unbranched alkanes of at least 4 members (excludes halogenated alkanes) is 1. The Kier molecular flexibility index (Phi) is 5.49. The highest BCUT2D eigenvalue weighted by molar-refractivity contribution is 4.79. The van der Waals surface area contributed by atoms with E-state index in [2.05, 4.69) is 26.1 Å². The van der Waals surface area contributed by atoms with Crippen LogP contribution in [0, 0.1) is 5.92 Å². The van der Waals surface area contributed by atoms with Gasteiger partial charge in [-0.25, -0.2) is 0 Å². The number of hydrogen-bond donors (Lipinski definition) is 1. The topological polar surface area (TPSA) is 21.3 Å². The summed E-state index contributed by atoms with van der Waals surface area (Å²) in [4.78, 5) is 0. The van der Waals surface area contributed by atoms with Crippen molar-refractivity contribution in [1.82, 2.24) is 5.32 Å². The minimum Gasteiger partial charge on any atom is -0.361 e. The molecule has 1 fully saturated rings. The molecule has 2 heteroatoms. The third kappa shape index (κ3) is 3.25. The largest absolute Gasteiger partial charge is 0.361 e. The predicted molar refractivity (Wildman–Crippen MR) is 60.3 cm³/mol. The number of rotatable bonds is 6. The summed E-state index contributed by atoms with van der Waals surface area (Å²) in [6, 6.07) is 0.593. The molecule has 0 radical (unpaired) electrons. The lowest BCUT2D eigenvalue weighted by Crippen LogP contribution is -2.35. The summed E-state index contributed by atoms with van der Waals surface area (Å²) in [7, 11) is 0. The first kappa shape index (κ1) is 12.0.